The molecule has 1 atom stereocenters. The fourth-order valence-electron chi connectivity index (χ4n) is 2.06. The number of anilines is 1. The normalized spacial score (nSPS) is 12.5. The molecule has 2 rings (SSSR count). The Bertz CT molecular complexity index is 674. The van der Waals surface area contributed by atoms with Crippen molar-refractivity contribution in [2.75, 3.05) is 19.0 Å². The number of benzene rings is 1. The summed E-state index contributed by atoms with van der Waals surface area (Å²) in [6, 6.07) is 8.35. The summed E-state index contributed by atoms with van der Waals surface area (Å²) in [5.74, 6) is 1.17. The number of rotatable bonds is 5. The quantitative estimate of drug-likeness (QED) is 0.785. The van der Waals surface area contributed by atoms with Gasteiger partial charge in [0.25, 0.3) is 0 Å². The van der Waals surface area contributed by atoms with E-state index in [4.69, 9.17) is 4.74 Å². The second-order valence-corrected chi connectivity index (χ2v) is 6.44. The molecule has 0 spiro atoms. The van der Waals surface area contributed by atoms with E-state index < -0.39 is 12.1 Å². The molecule has 0 saturated carbocycles. The van der Waals surface area contributed by atoms with E-state index in [0.29, 0.717) is 17.1 Å². The van der Waals surface area contributed by atoms with Gasteiger partial charge in [-0.25, -0.2) is 4.79 Å². The third-order valence-electron chi connectivity index (χ3n) is 3.47. The second kappa shape index (κ2) is 7.35. The third-order valence-corrected chi connectivity index (χ3v) is 3.47. The zero-order valence-corrected chi connectivity index (χ0v) is 14.4. The Morgan fingerprint density at radius 1 is 1.29 bits per heavy atom. The molecule has 3 N–H and O–H groups in total. The first-order valence-electron chi connectivity index (χ1n) is 7.72. The van der Waals surface area contributed by atoms with E-state index in [1.807, 2.05) is 27.0 Å². The Morgan fingerprint density at radius 2 is 1.96 bits per heavy atom. The van der Waals surface area contributed by atoms with Gasteiger partial charge in [-0.2, -0.15) is 5.10 Å². The number of ether oxygens (including phenoxy) is 1. The molecule has 0 aliphatic heterocycles. The molecule has 1 heterocycles. The fourth-order valence-corrected chi connectivity index (χ4v) is 2.06. The third kappa shape index (κ3) is 4.73. The largest absolute Gasteiger partial charge is 0.497 e. The van der Waals surface area contributed by atoms with Gasteiger partial charge < -0.3 is 15.2 Å². The van der Waals surface area contributed by atoms with E-state index in [1.54, 1.807) is 42.1 Å². The number of urea groups is 1. The zero-order valence-electron chi connectivity index (χ0n) is 14.4. The molecule has 130 valence electrons. The van der Waals surface area contributed by atoms with Crippen LogP contribution in [0.15, 0.2) is 36.5 Å². The lowest BCUT2D eigenvalue weighted by Crippen LogP contribution is -2.32. The van der Waals surface area contributed by atoms with Crippen LogP contribution >= 0.6 is 0 Å². The van der Waals surface area contributed by atoms with Crippen molar-refractivity contribution in [3.05, 3.63) is 42.1 Å². The molecular weight excluding hydrogens is 308 g/mol. The van der Waals surface area contributed by atoms with Gasteiger partial charge in [0.2, 0.25) is 0 Å². The molecule has 1 aromatic heterocycles. The van der Waals surface area contributed by atoms with Crippen LogP contribution < -0.4 is 15.4 Å². The molecule has 2 aromatic rings. The van der Waals surface area contributed by atoms with Gasteiger partial charge in [-0.1, -0.05) is 12.1 Å². The summed E-state index contributed by atoms with van der Waals surface area (Å²) >= 11 is 0. The Labute approximate surface area is 141 Å². The molecule has 0 unspecified atom stereocenters. The summed E-state index contributed by atoms with van der Waals surface area (Å²) in [7, 11) is 1.58. The predicted molar refractivity (Wildman–Crippen MR) is 92.2 cm³/mol. The highest BCUT2D eigenvalue weighted by molar-refractivity contribution is 5.88. The Kier molecular flexibility index (Phi) is 5.46. The van der Waals surface area contributed by atoms with Gasteiger partial charge in [-0.15, -0.1) is 0 Å². The van der Waals surface area contributed by atoms with Gasteiger partial charge in [0.05, 0.1) is 18.8 Å². The summed E-state index contributed by atoms with van der Waals surface area (Å²) in [5.41, 5.74) is 0.550. The Hall–Kier alpha value is -2.54. The molecule has 2 amide bonds. The zero-order chi connectivity index (χ0) is 17.7. The van der Waals surface area contributed by atoms with Crippen LogP contribution in [-0.4, -0.2) is 34.6 Å². The molecule has 0 radical (unpaired) electrons. The van der Waals surface area contributed by atoms with Crippen LogP contribution in [0.2, 0.25) is 0 Å². The van der Waals surface area contributed by atoms with E-state index in [0.717, 1.165) is 0 Å². The van der Waals surface area contributed by atoms with Crippen LogP contribution in [-0.2, 0) is 5.54 Å². The van der Waals surface area contributed by atoms with E-state index in [9.17, 15) is 9.90 Å². The molecule has 7 nitrogen and oxygen atoms in total. The molecule has 0 saturated heterocycles. The van der Waals surface area contributed by atoms with E-state index >= 15 is 0 Å². The van der Waals surface area contributed by atoms with Crippen LogP contribution in [0, 0.1) is 0 Å². The van der Waals surface area contributed by atoms with Crippen LogP contribution in [0.3, 0.4) is 0 Å². The highest BCUT2D eigenvalue weighted by atomic mass is 16.5. The SMILES string of the molecule is COc1ccc([C@@H](O)CNC(=O)Nc2ccn(C(C)(C)C)n2)cc1. The summed E-state index contributed by atoms with van der Waals surface area (Å²) in [4.78, 5) is 11.9. The molecule has 1 aromatic carbocycles. The first kappa shape index (κ1) is 17.8. The number of methoxy groups -OCH3 is 1. The topological polar surface area (TPSA) is 88.4 Å². The van der Waals surface area contributed by atoms with Crippen LogP contribution in [0.5, 0.6) is 5.75 Å². The number of carbonyl (C=O) groups is 1. The molecule has 0 aliphatic carbocycles. The number of aliphatic hydroxyl groups is 1. The minimum atomic E-state index is -0.797. The molecule has 7 heteroatoms. The second-order valence-electron chi connectivity index (χ2n) is 6.44. The van der Waals surface area contributed by atoms with Crippen molar-refractivity contribution in [2.45, 2.75) is 32.4 Å². The minimum absolute atomic E-state index is 0.0954. The summed E-state index contributed by atoms with van der Waals surface area (Å²) in [6.45, 7) is 6.16. The number of aliphatic hydroxyl groups excluding tert-OH is 1. The van der Waals surface area contributed by atoms with Crippen molar-refractivity contribution in [3.8, 4) is 5.75 Å². The lowest BCUT2D eigenvalue weighted by molar-refractivity contribution is 0.175. The average molecular weight is 332 g/mol. The van der Waals surface area contributed by atoms with Gasteiger partial charge in [0.1, 0.15) is 5.75 Å². The maximum Gasteiger partial charge on any atom is 0.320 e. The maximum atomic E-state index is 11.9. The standard InChI is InChI=1S/C17H24N4O3/c1-17(2,3)21-10-9-15(20-21)19-16(23)18-11-14(22)12-5-7-13(24-4)8-6-12/h5-10,14,22H,11H2,1-4H3,(H2,18,19,20,23)/t14-/m0/s1. The molecule has 24 heavy (non-hydrogen) atoms. The monoisotopic (exact) mass is 332 g/mol. The van der Waals surface area contributed by atoms with Gasteiger partial charge >= 0.3 is 6.03 Å². The molecular formula is C17H24N4O3. The van der Waals surface area contributed by atoms with Crippen molar-refractivity contribution in [1.29, 1.82) is 0 Å². The highest BCUT2D eigenvalue weighted by Crippen LogP contribution is 2.17. The number of hydrogen-bond donors (Lipinski definition) is 3. The number of nitrogens with zero attached hydrogens (tertiary/aromatic N) is 2. The molecule has 0 fully saturated rings. The van der Waals surface area contributed by atoms with E-state index in [-0.39, 0.29) is 12.1 Å². The van der Waals surface area contributed by atoms with Gasteiger partial charge in [-0.3, -0.25) is 10.00 Å². The average Bonchev–Trinajstić information content (AvgIpc) is 3.01. The summed E-state index contributed by atoms with van der Waals surface area (Å²) in [6.07, 6.45) is 1.01. The van der Waals surface area contributed by atoms with Crippen molar-refractivity contribution in [3.63, 3.8) is 0 Å². The van der Waals surface area contributed by atoms with E-state index in [2.05, 4.69) is 15.7 Å². The highest BCUT2D eigenvalue weighted by Gasteiger charge is 2.15. The van der Waals surface area contributed by atoms with Crippen molar-refractivity contribution >= 4 is 11.8 Å². The van der Waals surface area contributed by atoms with Crippen molar-refractivity contribution < 1.29 is 14.6 Å². The first-order chi connectivity index (χ1) is 11.3. The Balaban J connectivity index is 1.85. The number of hydrogen-bond acceptors (Lipinski definition) is 4. The lowest BCUT2D eigenvalue weighted by Gasteiger charge is -2.18. The number of nitrogens with one attached hydrogen (secondary N) is 2. The number of amides is 2. The lowest BCUT2D eigenvalue weighted by atomic mass is 10.1. The van der Waals surface area contributed by atoms with Gasteiger partial charge in [0.15, 0.2) is 5.82 Å². The van der Waals surface area contributed by atoms with Crippen LogP contribution in [0.25, 0.3) is 0 Å². The minimum Gasteiger partial charge on any atom is -0.497 e. The Morgan fingerprint density at radius 3 is 2.50 bits per heavy atom. The molecule has 0 bridgehead atoms. The van der Waals surface area contributed by atoms with Gasteiger partial charge in [-0.05, 0) is 38.5 Å². The fraction of sp³-hybridized carbons (Fsp3) is 0.412. The summed E-state index contributed by atoms with van der Waals surface area (Å²) in [5, 5.41) is 19.7. The predicted octanol–water partition coefficient (Wildman–Crippen LogP) is 2.50. The van der Waals surface area contributed by atoms with Crippen LogP contribution in [0.1, 0.15) is 32.4 Å². The summed E-state index contributed by atoms with van der Waals surface area (Å²) < 4.78 is 6.84. The van der Waals surface area contributed by atoms with Crippen molar-refractivity contribution in [1.82, 2.24) is 15.1 Å². The van der Waals surface area contributed by atoms with Crippen molar-refractivity contribution in [2.24, 2.45) is 0 Å². The smallest absolute Gasteiger partial charge is 0.320 e. The number of aromatic nitrogens is 2. The number of carbonyl (C=O) groups excluding carboxylic acids is 1. The van der Waals surface area contributed by atoms with Gasteiger partial charge in [0, 0.05) is 18.8 Å². The maximum absolute atomic E-state index is 11.9. The molecule has 0 aliphatic rings. The van der Waals surface area contributed by atoms with E-state index in [1.165, 1.54) is 0 Å². The first-order valence-corrected chi connectivity index (χ1v) is 7.72. The van der Waals surface area contributed by atoms with Crippen LogP contribution in [0.4, 0.5) is 10.6 Å².